The lowest BCUT2D eigenvalue weighted by Crippen LogP contribution is -2.36. The lowest BCUT2D eigenvalue weighted by atomic mass is 9.82. The number of imidazole rings is 1. The van der Waals surface area contributed by atoms with Gasteiger partial charge >= 0.3 is 0 Å². The Morgan fingerprint density at radius 3 is 2.38 bits per heavy atom. The summed E-state index contributed by atoms with van der Waals surface area (Å²) in [5.74, 6) is 1.71. The van der Waals surface area contributed by atoms with E-state index in [-0.39, 0.29) is 11.0 Å². The van der Waals surface area contributed by atoms with Crippen LogP contribution in [-0.4, -0.2) is 19.9 Å². The van der Waals surface area contributed by atoms with E-state index in [2.05, 4.69) is 57.1 Å². The van der Waals surface area contributed by atoms with Gasteiger partial charge < -0.3 is 5.32 Å². The average molecular weight is 322 g/mol. The topological polar surface area (TPSA) is 42.2 Å². The van der Waals surface area contributed by atoms with Gasteiger partial charge in [0.2, 0.25) is 5.78 Å². The predicted molar refractivity (Wildman–Crippen MR) is 100 cm³/mol. The highest BCUT2D eigenvalue weighted by Crippen LogP contribution is 2.34. The molecule has 4 heteroatoms. The molecule has 3 aromatic rings. The monoisotopic (exact) mass is 322 g/mol. The van der Waals surface area contributed by atoms with E-state index < -0.39 is 0 Å². The summed E-state index contributed by atoms with van der Waals surface area (Å²) in [5.41, 5.74) is 2.21. The van der Waals surface area contributed by atoms with E-state index in [4.69, 9.17) is 4.98 Å². The van der Waals surface area contributed by atoms with Crippen LogP contribution in [0.25, 0.3) is 17.0 Å². The Kier molecular flexibility index (Phi) is 4.08. The minimum absolute atomic E-state index is 0.0619. The lowest BCUT2D eigenvalue weighted by Gasteiger charge is -2.34. The van der Waals surface area contributed by atoms with Gasteiger partial charge in [0.1, 0.15) is 11.5 Å². The van der Waals surface area contributed by atoms with Gasteiger partial charge in [-0.3, -0.25) is 4.40 Å². The van der Waals surface area contributed by atoms with Crippen molar-refractivity contribution in [1.29, 1.82) is 0 Å². The van der Waals surface area contributed by atoms with Crippen LogP contribution in [0.15, 0.2) is 48.8 Å². The van der Waals surface area contributed by atoms with E-state index in [0.717, 1.165) is 23.5 Å². The summed E-state index contributed by atoms with van der Waals surface area (Å²) >= 11 is 0. The van der Waals surface area contributed by atoms with Gasteiger partial charge in [0.05, 0.1) is 0 Å². The second-order valence-electron chi connectivity index (χ2n) is 8.21. The molecule has 2 aromatic heterocycles. The first-order valence-electron chi connectivity index (χ1n) is 8.42. The van der Waals surface area contributed by atoms with Crippen molar-refractivity contribution in [2.24, 2.45) is 5.41 Å². The van der Waals surface area contributed by atoms with Crippen molar-refractivity contribution in [2.45, 2.75) is 46.6 Å². The number of nitrogens with zero attached hydrogens (tertiary/aromatic N) is 3. The van der Waals surface area contributed by atoms with E-state index >= 15 is 0 Å². The number of aromatic nitrogens is 3. The van der Waals surface area contributed by atoms with Crippen LogP contribution in [0.4, 0.5) is 5.82 Å². The fraction of sp³-hybridized carbons (Fsp3) is 0.400. The van der Waals surface area contributed by atoms with E-state index in [1.807, 2.05) is 34.9 Å². The van der Waals surface area contributed by atoms with Crippen LogP contribution >= 0.6 is 0 Å². The van der Waals surface area contributed by atoms with Crippen molar-refractivity contribution in [3.05, 3.63) is 48.8 Å². The smallest absolute Gasteiger partial charge is 0.235 e. The maximum Gasteiger partial charge on any atom is 0.235 e. The Labute approximate surface area is 144 Å². The molecule has 0 spiro atoms. The van der Waals surface area contributed by atoms with Gasteiger partial charge in [-0.25, -0.2) is 9.97 Å². The molecular weight excluding hydrogens is 296 g/mol. The Morgan fingerprint density at radius 2 is 1.71 bits per heavy atom. The van der Waals surface area contributed by atoms with Crippen molar-refractivity contribution >= 4 is 11.6 Å². The lowest BCUT2D eigenvalue weighted by molar-refractivity contribution is 0.302. The molecule has 4 nitrogen and oxygen atoms in total. The highest BCUT2D eigenvalue weighted by molar-refractivity contribution is 5.76. The zero-order valence-electron chi connectivity index (χ0n) is 15.2. The first-order chi connectivity index (χ1) is 11.3. The van der Waals surface area contributed by atoms with Gasteiger partial charge in [-0.05, 0) is 31.7 Å². The molecule has 1 aromatic carbocycles. The number of hydrogen-bond donors (Lipinski definition) is 1. The molecule has 0 amide bonds. The maximum absolute atomic E-state index is 4.75. The summed E-state index contributed by atoms with van der Waals surface area (Å²) in [4.78, 5) is 9.16. The number of benzene rings is 1. The van der Waals surface area contributed by atoms with Crippen LogP contribution < -0.4 is 5.32 Å². The Bertz CT molecular complexity index is 826. The predicted octanol–water partition coefficient (Wildman–Crippen LogP) is 5.02. The molecule has 3 rings (SSSR count). The summed E-state index contributed by atoms with van der Waals surface area (Å²) in [6.45, 7) is 11.3. The molecule has 0 aliphatic rings. The van der Waals surface area contributed by atoms with Gasteiger partial charge in [0, 0.05) is 23.5 Å². The third-order valence-electron chi connectivity index (χ3n) is 3.88. The Morgan fingerprint density at radius 1 is 1.00 bits per heavy atom. The Balaban J connectivity index is 2.09. The van der Waals surface area contributed by atoms with Gasteiger partial charge in [-0.15, -0.1) is 0 Å². The number of fused-ring (bicyclic) bond motifs is 1. The van der Waals surface area contributed by atoms with Crippen LogP contribution in [0, 0.1) is 5.41 Å². The third kappa shape index (κ3) is 3.58. The molecule has 0 fully saturated rings. The highest BCUT2D eigenvalue weighted by atomic mass is 15.2. The summed E-state index contributed by atoms with van der Waals surface area (Å²) in [6.07, 6.45) is 4.83. The van der Waals surface area contributed by atoms with E-state index in [1.54, 1.807) is 6.20 Å². The van der Waals surface area contributed by atoms with E-state index in [0.29, 0.717) is 5.78 Å². The molecule has 24 heavy (non-hydrogen) atoms. The van der Waals surface area contributed by atoms with E-state index in [1.165, 1.54) is 0 Å². The minimum Gasteiger partial charge on any atom is -0.364 e. The first-order valence-corrected chi connectivity index (χ1v) is 8.42. The minimum atomic E-state index is -0.0619. The summed E-state index contributed by atoms with van der Waals surface area (Å²) in [6, 6.07) is 12.2. The largest absolute Gasteiger partial charge is 0.364 e. The summed E-state index contributed by atoms with van der Waals surface area (Å²) < 4.78 is 2.03. The van der Waals surface area contributed by atoms with Crippen molar-refractivity contribution in [3.63, 3.8) is 0 Å². The van der Waals surface area contributed by atoms with Crippen molar-refractivity contribution in [3.8, 4) is 11.3 Å². The van der Waals surface area contributed by atoms with Gasteiger partial charge in [-0.1, -0.05) is 51.1 Å². The molecular formula is C20H26N4. The standard InChI is InChI=1S/C20H26N4/c1-19(2,3)14-20(4,5)23-17-16(15-10-7-6-8-11-15)22-18-21-12-9-13-24(17)18/h6-13,23H,14H2,1-5H3. The van der Waals surface area contributed by atoms with Crippen LogP contribution in [0.1, 0.15) is 41.0 Å². The molecule has 0 atom stereocenters. The maximum atomic E-state index is 4.75. The molecule has 0 saturated carbocycles. The molecule has 0 bridgehead atoms. The molecule has 0 aliphatic carbocycles. The highest BCUT2D eigenvalue weighted by Gasteiger charge is 2.28. The molecule has 0 saturated heterocycles. The third-order valence-corrected chi connectivity index (χ3v) is 3.88. The molecule has 1 N–H and O–H groups in total. The fourth-order valence-electron chi connectivity index (χ4n) is 3.49. The number of hydrogen-bond acceptors (Lipinski definition) is 3. The zero-order valence-corrected chi connectivity index (χ0v) is 15.2. The SMILES string of the molecule is CC(C)(C)CC(C)(C)Nc1c(-c2ccccc2)nc2ncccn12. The van der Waals surface area contributed by atoms with Crippen molar-refractivity contribution in [1.82, 2.24) is 14.4 Å². The fourth-order valence-corrected chi connectivity index (χ4v) is 3.49. The molecule has 0 unspecified atom stereocenters. The van der Waals surface area contributed by atoms with Crippen molar-refractivity contribution < 1.29 is 0 Å². The molecule has 0 aliphatic heterocycles. The normalized spacial score (nSPS) is 12.5. The Hall–Kier alpha value is -2.36. The van der Waals surface area contributed by atoms with Crippen LogP contribution in [-0.2, 0) is 0 Å². The zero-order chi connectivity index (χ0) is 17.4. The second kappa shape index (κ2) is 5.93. The molecule has 2 heterocycles. The number of anilines is 1. The van der Waals surface area contributed by atoms with Crippen LogP contribution in [0.5, 0.6) is 0 Å². The number of nitrogens with one attached hydrogen (secondary N) is 1. The quantitative estimate of drug-likeness (QED) is 0.733. The van der Waals surface area contributed by atoms with Gasteiger partial charge in [-0.2, -0.15) is 0 Å². The summed E-state index contributed by atoms with van der Waals surface area (Å²) in [7, 11) is 0. The summed E-state index contributed by atoms with van der Waals surface area (Å²) in [5, 5.41) is 3.73. The average Bonchev–Trinajstić information content (AvgIpc) is 2.84. The van der Waals surface area contributed by atoms with Gasteiger partial charge in [0.15, 0.2) is 0 Å². The van der Waals surface area contributed by atoms with Crippen LogP contribution in [0.2, 0.25) is 0 Å². The first kappa shape index (κ1) is 16.5. The van der Waals surface area contributed by atoms with E-state index in [9.17, 15) is 0 Å². The molecule has 0 radical (unpaired) electrons. The second-order valence-corrected chi connectivity index (χ2v) is 8.21. The molecule has 126 valence electrons. The van der Waals surface area contributed by atoms with Gasteiger partial charge in [0.25, 0.3) is 0 Å². The van der Waals surface area contributed by atoms with Crippen molar-refractivity contribution in [2.75, 3.05) is 5.32 Å². The van der Waals surface area contributed by atoms with Crippen LogP contribution in [0.3, 0.4) is 0 Å². The number of rotatable bonds is 4.